The van der Waals surface area contributed by atoms with Crippen LogP contribution in [-0.2, 0) is 0 Å². The van der Waals surface area contributed by atoms with Gasteiger partial charge in [0.05, 0.1) is 36.8 Å². The number of hydrogen-bond acceptors (Lipinski definition) is 10. The number of H-pyrrole nitrogens is 1. The lowest BCUT2D eigenvalue weighted by Gasteiger charge is -2.31. The Morgan fingerprint density at radius 2 is 2.08 bits per heavy atom. The quantitative estimate of drug-likeness (QED) is 0.444. The Bertz CT molecular complexity index is 1340. The standard InChI is InChI=1S/C25H29N9O3/c1-36-18-4-7-27-21-19(18)20(32-33-21)15-5-8-34(9-6-15)24-29-22(23(35)28-12-14-2-3-14)30-25(31-24)37-13-17-10-16(17)11-26/h4,7,14-17H,2-3,5-6,8-10,12-13H2,1H3,(H,28,35)(H,27,32,33)/t16-,17+/m0/s1. The highest BCUT2D eigenvalue weighted by Crippen LogP contribution is 2.38. The monoisotopic (exact) mass is 503 g/mol. The van der Waals surface area contributed by atoms with Gasteiger partial charge in [-0.05, 0) is 44.1 Å². The number of aromatic nitrogens is 6. The van der Waals surface area contributed by atoms with Crippen LogP contribution in [0.5, 0.6) is 11.8 Å². The largest absolute Gasteiger partial charge is 0.496 e. The first-order valence-electron chi connectivity index (χ1n) is 12.8. The van der Waals surface area contributed by atoms with Gasteiger partial charge in [-0.2, -0.15) is 25.3 Å². The van der Waals surface area contributed by atoms with E-state index in [0.717, 1.165) is 48.9 Å². The SMILES string of the molecule is COc1ccnc2[nH]nc(C3CCN(c4nc(OC[C@H]5C[C@H]5C#N)nc(C(=O)NCC5CC5)n4)CC3)c12. The predicted octanol–water partition coefficient (Wildman–Crippen LogP) is 2.21. The van der Waals surface area contributed by atoms with Crippen molar-refractivity contribution in [1.82, 2.24) is 35.5 Å². The van der Waals surface area contributed by atoms with E-state index in [-0.39, 0.29) is 35.5 Å². The Morgan fingerprint density at radius 3 is 2.81 bits per heavy atom. The first-order valence-corrected chi connectivity index (χ1v) is 12.8. The van der Waals surface area contributed by atoms with Gasteiger partial charge in [0.2, 0.25) is 11.8 Å². The third-order valence-corrected chi connectivity index (χ3v) is 7.40. The van der Waals surface area contributed by atoms with Crippen LogP contribution in [-0.4, -0.2) is 69.4 Å². The zero-order valence-electron chi connectivity index (χ0n) is 20.7. The molecule has 0 aromatic carbocycles. The van der Waals surface area contributed by atoms with Crippen LogP contribution in [0.3, 0.4) is 0 Å². The topological polar surface area (TPSA) is 155 Å². The van der Waals surface area contributed by atoms with Gasteiger partial charge in [0.15, 0.2) is 5.65 Å². The summed E-state index contributed by atoms with van der Waals surface area (Å²) in [5.74, 6) is 1.90. The number of rotatable bonds is 9. The highest BCUT2D eigenvalue weighted by Gasteiger charge is 2.38. The maximum absolute atomic E-state index is 12.8. The molecule has 2 aliphatic carbocycles. The van der Waals surface area contributed by atoms with Crippen LogP contribution in [0.1, 0.15) is 54.3 Å². The molecule has 37 heavy (non-hydrogen) atoms. The molecule has 1 aliphatic heterocycles. The zero-order chi connectivity index (χ0) is 25.4. The molecule has 3 aliphatic rings. The van der Waals surface area contributed by atoms with Crippen molar-refractivity contribution < 1.29 is 14.3 Å². The second kappa shape index (κ2) is 9.80. The van der Waals surface area contributed by atoms with E-state index in [4.69, 9.17) is 14.7 Å². The molecule has 3 fully saturated rings. The van der Waals surface area contributed by atoms with Crippen molar-refractivity contribution in [2.24, 2.45) is 17.8 Å². The van der Waals surface area contributed by atoms with Crippen molar-refractivity contribution in [2.75, 3.05) is 38.3 Å². The molecule has 12 nitrogen and oxygen atoms in total. The minimum Gasteiger partial charge on any atom is -0.496 e. The number of carbonyl (C=O) groups excluding carboxylic acids is 1. The number of hydrogen-bond donors (Lipinski definition) is 2. The molecular weight excluding hydrogens is 474 g/mol. The summed E-state index contributed by atoms with van der Waals surface area (Å²) in [5.41, 5.74) is 1.67. The normalized spacial score (nSPS) is 21.5. The number of aromatic amines is 1. The Kier molecular flexibility index (Phi) is 6.20. The lowest BCUT2D eigenvalue weighted by molar-refractivity contribution is 0.0939. The fourth-order valence-corrected chi connectivity index (χ4v) is 4.83. The van der Waals surface area contributed by atoms with Crippen molar-refractivity contribution in [1.29, 1.82) is 5.26 Å². The fraction of sp³-hybridized carbons (Fsp3) is 0.560. The number of anilines is 1. The summed E-state index contributed by atoms with van der Waals surface area (Å²) in [7, 11) is 1.65. The van der Waals surface area contributed by atoms with Gasteiger partial charge in [-0.1, -0.05) is 0 Å². The van der Waals surface area contributed by atoms with Gasteiger partial charge in [0.1, 0.15) is 5.75 Å². The second-order valence-electron chi connectivity index (χ2n) is 10.0. The summed E-state index contributed by atoms with van der Waals surface area (Å²) in [6.07, 6.45) is 6.46. The third-order valence-electron chi connectivity index (χ3n) is 7.40. The van der Waals surface area contributed by atoms with Crippen LogP contribution in [0, 0.1) is 29.1 Å². The number of nitrogens with zero attached hydrogens (tertiary/aromatic N) is 7. The maximum Gasteiger partial charge on any atom is 0.321 e. The lowest BCUT2D eigenvalue weighted by Crippen LogP contribution is -2.35. The van der Waals surface area contributed by atoms with Crippen molar-refractivity contribution >= 4 is 22.9 Å². The van der Waals surface area contributed by atoms with Crippen LogP contribution in [0.4, 0.5) is 5.95 Å². The van der Waals surface area contributed by atoms with Crippen LogP contribution in [0.2, 0.25) is 0 Å². The summed E-state index contributed by atoms with van der Waals surface area (Å²) in [6.45, 7) is 2.36. The number of ether oxygens (including phenoxy) is 2. The molecule has 2 saturated carbocycles. The van der Waals surface area contributed by atoms with Gasteiger partial charge in [0.25, 0.3) is 5.91 Å². The van der Waals surface area contributed by atoms with Crippen LogP contribution in [0.15, 0.2) is 12.3 Å². The zero-order valence-corrected chi connectivity index (χ0v) is 20.7. The number of piperidine rings is 1. The molecule has 1 amide bonds. The summed E-state index contributed by atoms with van der Waals surface area (Å²) >= 11 is 0. The van der Waals surface area contributed by atoms with Crippen LogP contribution < -0.4 is 19.7 Å². The Balaban J connectivity index is 1.18. The number of methoxy groups -OCH3 is 1. The highest BCUT2D eigenvalue weighted by molar-refractivity contribution is 5.90. The Hall–Kier alpha value is -4.01. The van der Waals surface area contributed by atoms with Crippen molar-refractivity contribution in [3.05, 3.63) is 23.8 Å². The number of carbonyl (C=O) groups is 1. The minimum absolute atomic E-state index is 0.0218. The number of pyridine rings is 1. The second-order valence-corrected chi connectivity index (χ2v) is 10.0. The molecule has 6 rings (SSSR count). The van der Waals surface area contributed by atoms with E-state index in [1.54, 1.807) is 13.3 Å². The van der Waals surface area contributed by atoms with E-state index < -0.39 is 0 Å². The van der Waals surface area contributed by atoms with E-state index in [9.17, 15) is 4.79 Å². The molecule has 1 saturated heterocycles. The molecule has 0 radical (unpaired) electrons. The Morgan fingerprint density at radius 1 is 1.24 bits per heavy atom. The average molecular weight is 504 g/mol. The maximum atomic E-state index is 12.8. The molecular formula is C25H29N9O3. The van der Waals surface area contributed by atoms with Crippen molar-refractivity contribution in [3.63, 3.8) is 0 Å². The van der Waals surface area contributed by atoms with Crippen LogP contribution >= 0.6 is 0 Å². The van der Waals surface area contributed by atoms with Crippen molar-refractivity contribution in [3.8, 4) is 17.8 Å². The summed E-state index contributed by atoms with van der Waals surface area (Å²) in [5, 5.41) is 20.5. The molecule has 3 aromatic heterocycles. The molecule has 0 unspecified atom stereocenters. The molecule has 4 heterocycles. The summed E-state index contributed by atoms with van der Waals surface area (Å²) in [6, 6.07) is 4.23. The van der Waals surface area contributed by atoms with Gasteiger partial charge in [-0.25, -0.2) is 4.98 Å². The lowest BCUT2D eigenvalue weighted by atomic mass is 9.92. The molecule has 0 spiro atoms. The number of nitrogens with one attached hydrogen (secondary N) is 2. The van der Waals surface area contributed by atoms with E-state index in [2.05, 4.69) is 46.4 Å². The van der Waals surface area contributed by atoms with E-state index >= 15 is 0 Å². The number of nitriles is 1. The van der Waals surface area contributed by atoms with E-state index in [0.29, 0.717) is 43.8 Å². The highest BCUT2D eigenvalue weighted by atomic mass is 16.5. The third kappa shape index (κ3) is 4.98. The van der Waals surface area contributed by atoms with Gasteiger partial charge in [-0.15, -0.1) is 0 Å². The minimum atomic E-state index is -0.320. The van der Waals surface area contributed by atoms with Gasteiger partial charge in [-0.3, -0.25) is 9.89 Å². The Labute approximate surface area is 213 Å². The van der Waals surface area contributed by atoms with E-state index in [1.165, 1.54) is 0 Å². The fourth-order valence-electron chi connectivity index (χ4n) is 4.83. The van der Waals surface area contributed by atoms with Gasteiger partial charge < -0.3 is 19.7 Å². The first kappa shape index (κ1) is 23.4. The van der Waals surface area contributed by atoms with Gasteiger partial charge in [0, 0.05) is 37.7 Å². The molecule has 3 aromatic rings. The summed E-state index contributed by atoms with van der Waals surface area (Å²) in [4.78, 5) is 32.5. The molecule has 2 N–H and O–H groups in total. The number of fused-ring (bicyclic) bond motifs is 1. The average Bonchev–Trinajstić information content (AvgIpc) is 3.87. The van der Waals surface area contributed by atoms with Gasteiger partial charge >= 0.3 is 6.01 Å². The van der Waals surface area contributed by atoms with Crippen LogP contribution in [0.25, 0.3) is 11.0 Å². The molecule has 12 heteroatoms. The molecule has 0 bridgehead atoms. The van der Waals surface area contributed by atoms with E-state index in [1.807, 2.05) is 6.07 Å². The predicted molar refractivity (Wildman–Crippen MR) is 132 cm³/mol. The molecule has 2 atom stereocenters. The smallest absolute Gasteiger partial charge is 0.321 e. The summed E-state index contributed by atoms with van der Waals surface area (Å²) < 4.78 is 11.4. The van der Waals surface area contributed by atoms with Crippen molar-refractivity contribution in [2.45, 2.75) is 38.0 Å². The number of amides is 1. The molecule has 192 valence electrons. The first-order chi connectivity index (χ1) is 18.1.